The van der Waals surface area contributed by atoms with Crippen LogP contribution in [0, 0.1) is 0 Å². The normalized spacial score (nSPS) is 11.7. The Kier molecular flexibility index (Phi) is 6.38. The zero-order valence-corrected chi connectivity index (χ0v) is 12.0. The number of rotatable bonds is 7. The number of aliphatic hydroxyl groups excluding tert-OH is 1. The molecule has 0 saturated heterocycles. The molecule has 0 atom stereocenters. The molecule has 0 aliphatic rings. The quantitative estimate of drug-likeness (QED) is 0.760. The third-order valence-corrected chi connectivity index (χ3v) is 4.73. The van der Waals surface area contributed by atoms with E-state index in [-0.39, 0.29) is 21.5 Å². The molecule has 0 aliphatic heterocycles. The van der Waals surface area contributed by atoms with Crippen LogP contribution >= 0.6 is 23.2 Å². The maximum Gasteiger partial charge on any atom is 0.243 e. The summed E-state index contributed by atoms with van der Waals surface area (Å²) in [7, 11) is -3.69. The van der Waals surface area contributed by atoms with Crippen LogP contribution in [0.1, 0.15) is 19.3 Å². The predicted molar refractivity (Wildman–Crippen MR) is 72.6 cm³/mol. The van der Waals surface area contributed by atoms with Crippen LogP contribution in [0.4, 0.5) is 0 Å². The van der Waals surface area contributed by atoms with Gasteiger partial charge in [-0.05, 0) is 31.4 Å². The van der Waals surface area contributed by atoms with Crippen molar-refractivity contribution in [3.63, 3.8) is 0 Å². The molecular weight excluding hydrogens is 297 g/mol. The van der Waals surface area contributed by atoms with Crippen LogP contribution in [0.2, 0.25) is 10.0 Å². The molecule has 1 rings (SSSR count). The molecule has 2 N–H and O–H groups in total. The first-order valence-corrected chi connectivity index (χ1v) is 7.77. The van der Waals surface area contributed by atoms with Crippen molar-refractivity contribution in [2.24, 2.45) is 0 Å². The monoisotopic (exact) mass is 311 g/mol. The average Bonchev–Trinajstić information content (AvgIpc) is 2.28. The number of nitrogens with one attached hydrogen (secondary N) is 1. The van der Waals surface area contributed by atoms with E-state index < -0.39 is 10.0 Å². The van der Waals surface area contributed by atoms with Gasteiger partial charge in [-0.1, -0.05) is 29.3 Å². The predicted octanol–water partition coefficient (Wildman–Crippen LogP) is 2.43. The number of unbranched alkanes of at least 4 members (excludes halogenated alkanes) is 2. The summed E-state index contributed by atoms with van der Waals surface area (Å²) in [5.41, 5.74) is 0. The summed E-state index contributed by atoms with van der Waals surface area (Å²) in [6.45, 7) is 0.410. The summed E-state index contributed by atoms with van der Waals surface area (Å²) in [5, 5.41) is 8.81. The molecule has 0 radical (unpaired) electrons. The summed E-state index contributed by atoms with van der Waals surface area (Å²) >= 11 is 11.7. The van der Waals surface area contributed by atoms with E-state index in [4.69, 9.17) is 28.3 Å². The number of halogens is 2. The lowest BCUT2D eigenvalue weighted by Crippen LogP contribution is -2.25. The van der Waals surface area contributed by atoms with Gasteiger partial charge in [0, 0.05) is 13.2 Å². The van der Waals surface area contributed by atoms with E-state index in [0.29, 0.717) is 19.4 Å². The highest BCUT2D eigenvalue weighted by atomic mass is 35.5. The van der Waals surface area contributed by atoms with Gasteiger partial charge >= 0.3 is 0 Å². The first kappa shape index (κ1) is 15.7. The summed E-state index contributed by atoms with van der Waals surface area (Å²) in [5.74, 6) is 0. The molecule has 102 valence electrons. The Hall–Kier alpha value is -0.330. The topological polar surface area (TPSA) is 66.4 Å². The van der Waals surface area contributed by atoms with Crippen LogP contribution in [-0.4, -0.2) is 26.7 Å². The minimum Gasteiger partial charge on any atom is -0.396 e. The molecule has 0 fully saturated rings. The highest BCUT2D eigenvalue weighted by Gasteiger charge is 2.20. The van der Waals surface area contributed by atoms with Crippen molar-refractivity contribution in [1.82, 2.24) is 4.72 Å². The maximum absolute atomic E-state index is 12.0. The Balaban J connectivity index is 2.69. The van der Waals surface area contributed by atoms with Crippen molar-refractivity contribution in [2.45, 2.75) is 24.2 Å². The SMILES string of the molecule is O=S(=O)(NCCCCCO)c1c(Cl)cccc1Cl. The third kappa shape index (κ3) is 4.40. The van der Waals surface area contributed by atoms with Crippen molar-refractivity contribution < 1.29 is 13.5 Å². The van der Waals surface area contributed by atoms with Crippen molar-refractivity contribution in [3.05, 3.63) is 28.2 Å². The van der Waals surface area contributed by atoms with Gasteiger partial charge in [-0.2, -0.15) is 0 Å². The molecule has 0 saturated carbocycles. The van der Waals surface area contributed by atoms with Gasteiger partial charge in [0.25, 0.3) is 0 Å². The zero-order chi connectivity index (χ0) is 13.6. The first-order chi connectivity index (χ1) is 8.49. The molecular formula is C11H15Cl2NO3S. The Morgan fingerprint density at radius 2 is 1.72 bits per heavy atom. The highest BCUT2D eigenvalue weighted by molar-refractivity contribution is 7.89. The number of hydrogen-bond acceptors (Lipinski definition) is 3. The lowest BCUT2D eigenvalue weighted by Gasteiger charge is -2.09. The van der Waals surface area contributed by atoms with Crippen LogP contribution in [0.3, 0.4) is 0 Å². The van der Waals surface area contributed by atoms with Crippen LogP contribution in [0.25, 0.3) is 0 Å². The lowest BCUT2D eigenvalue weighted by molar-refractivity contribution is 0.283. The Bertz CT molecular complexity index is 471. The molecule has 1 aromatic rings. The van der Waals surface area contributed by atoms with Gasteiger partial charge in [0.05, 0.1) is 10.0 Å². The molecule has 0 aliphatic carbocycles. The van der Waals surface area contributed by atoms with Crippen molar-refractivity contribution in [3.8, 4) is 0 Å². The molecule has 18 heavy (non-hydrogen) atoms. The van der Waals surface area contributed by atoms with Gasteiger partial charge in [-0.3, -0.25) is 0 Å². The van der Waals surface area contributed by atoms with Crippen LogP contribution < -0.4 is 4.72 Å². The van der Waals surface area contributed by atoms with Gasteiger partial charge in [-0.15, -0.1) is 0 Å². The smallest absolute Gasteiger partial charge is 0.243 e. The Morgan fingerprint density at radius 3 is 2.28 bits per heavy atom. The minimum atomic E-state index is -3.69. The van der Waals surface area contributed by atoms with E-state index in [2.05, 4.69) is 4.72 Å². The second-order valence-electron chi connectivity index (χ2n) is 3.73. The summed E-state index contributed by atoms with van der Waals surface area (Å²) < 4.78 is 26.4. The van der Waals surface area contributed by atoms with Gasteiger partial charge in [-0.25, -0.2) is 13.1 Å². The largest absolute Gasteiger partial charge is 0.396 e. The second-order valence-corrected chi connectivity index (χ2v) is 6.25. The molecule has 0 unspecified atom stereocenters. The molecule has 4 nitrogen and oxygen atoms in total. The molecule has 0 spiro atoms. The fourth-order valence-electron chi connectivity index (χ4n) is 1.43. The van der Waals surface area contributed by atoms with Gasteiger partial charge in [0.2, 0.25) is 10.0 Å². The summed E-state index contributed by atoms with van der Waals surface area (Å²) in [6, 6.07) is 4.55. The molecule has 1 aromatic carbocycles. The number of hydrogen-bond donors (Lipinski definition) is 2. The van der Waals surface area contributed by atoms with Crippen molar-refractivity contribution >= 4 is 33.2 Å². The number of benzene rings is 1. The third-order valence-electron chi connectivity index (χ3n) is 2.31. The molecule has 0 amide bonds. The zero-order valence-electron chi connectivity index (χ0n) is 9.70. The van der Waals surface area contributed by atoms with E-state index in [1.54, 1.807) is 6.07 Å². The highest BCUT2D eigenvalue weighted by Crippen LogP contribution is 2.28. The van der Waals surface area contributed by atoms with Crippen LogP contribution in [-0.2, 0) is 10.0 Å². The fourth-order valence-corrected chi connectivity index (χ4v) is 3.65. The molecule has 0 heterocycles. The average molecular weight is 312 g/mol. The number of sulfonamides is 1. The standard InChI is InChI=1S/C11H15Cl2NO3S/c12-9-5-4-6-10(13)11(9)18(16,17)14-7-2-1-3-8-15/h4-6,14-15H,1-3,7-8H2. The van der Waals surface area contributed by atoms with E-state index in [0.717, 1.165) is 6.42 Å². The first-order valence-electron chi connectivity index (χ1n) is 5.53. The maximum atomic E-state index is 12.0. The van der Waals surface area contributed by atoms with E-state index in [1.807, 2.05) is 0 Å². The van der Waals surface area contributed by atoms with Crippen LogP contribution in [0.5, 0.6) is 0 Å². The van der Waals surface area contributed by atoms with Crippen molar-refractivity contribution in [2.75, 3.05) is 13.2 Å². The summed E-state index contributed by atoms with van der Waals surface area (Å²) in [4.78, 5) is -0.0875. The van der Waals surface area contributed by atoms with E-state index in [1.165, 1.54) is 12.1 Å². The lowest BCUT2D eigenvalue weighted by atomic mass is 10.2. The van der Waals surface area contributed by atoms with E-state index in [9.17, 15) is 8.42 Å². The Labute approximate surface area is 117 Å². The Morgan fingerprint density at radius 1 is 1.11 bits per heavy atom. The second kappa shape index (κ2) is 7.31. The van der Waals surface area contributed by atoms with Gasteiger partial charge < -0.3 is 5.11 Å². The molecule has 7 heteroatoms. The molecule has 0 aromatic heterocycles. The molecule has 0 bridgehead atoms. The minimum absolute atomic E-state index is 0.0875. The van der Waals surface area contributed by atoms with E-state index >= 15 is 0 Å². The van der Waals surface area contributed by atoms with Crippen molar-refractivity contribution in [1.29, 1.82) is 0 Å². The van der Waals surface area contributed by atoms with Gasteiger partial charge in [0.15, 0.2) is 0 Å². The fraction of sp³-hybridized carbons (Fsp3) is 0.455. The van der Waals surface area contributed by atoms with Gasteiger partial charge in [0.1, 0.15) is 4.90 Å². The number of aliphatic hydroxyl groups is 1. The van der Waals surface area contributed by atoms with Crippen LogP contribution in [0.15, 0.2) is 23.1 Å². The summed E-state index contributed by atoms with van der Waals surface area (Å²) in [6.07, 6.45) is 2.08.